The van der Waals surface area contributed by atoms with Crippen molar-refractivity contribution < 1.29 is 27.9 Å². The van der Waals surface area contributed by atoms with Crippen molar-refractivity contribution in [1.82, 2.24) is 25.0 Å². The number of fused-ring (bicyclic) bond motifs is 2. The van der Waals surface area contributed by atoms with E-state index >= 15 is 0 Å². The van der Waals surface area contributed by atoms with Crippen LogP contribution in [0.1, 0.15) is 42.1 Å². The van der Waals surface area contributed by atoms with Crippen LogP contribution in [-0.4, -0.2) is 68.5 Å². The quantitative estimate of drug-likeness (QED) is 0.769. The molecule has 2 saturated carbocycles. The molecule has 2 unspecified atom stereocenters. The zero-order chi connectivity index (χ0) is 20.8. The summed E-state index contributed by atoms with van der Waals surface area (Å²) in [5.41, 5.74) is 0. The van der Waals surface area contributed by atoms with E-state index in [0.29, 0.717) is 23.7 Å². The van der Waals surface area contributed by atoms with Gasteiger partial charge in [0.25, 0.3) is 5.91 Å². The van der Waals surface area contributed by atoms with Crippen molar-refractivity contribution >= 4 is 11.9 Å². The van der Waals surface area contributed by atoms with E-state index in [1.54, 1.807) is 0 Å². The summed E-state index contributed by atoms with van der Waals surface area (Å²) in [6.07, 6.45) is 0.947. The lowest BCUT2D eigenvalue weighted by Crippen LogP contribution is -2.33. The SMILES string of the molecule is O=C(NC1CC1)c1nnc2n1CC1CN(CC3CC3)CC1C2.O=C(O)C(F)(F)F. The zero-order valence-corrected chi connectivity index (χ0v) is 15.9. The molecule has 2 aliphatic heterocycles. The summed E-state index contributed by atoms with van der Waals surface area (Å²) in [6.45, 7) is 4.59. The molecule has 29 heavy (non-hydrogen) atoms. The van der Waals surface area contributed by atoms with Crippen molar-refractivity contribution in [1.29, 1.82) is 0 Å². The number of likely N-dealkylation sites (tertiary alicyclic amines) is 1. The Balaban J connectivity index is 0.000000255. The van der Waals surface area contributed by atoms with Gasteiger partial charge in [0.15, 0.2) is 0 Å². The Morgan fingerprint density at radius 1 is 1.07 bits per heavy atom. The highest BCUT2D eigenvalue weighted by molar-refractivity contribution is 5.91. The molecule has 8 nitrogen and oxygen atoms in total. The van der Waals surface area contributed by atoms with Gasteiger partial charge in [0, 0.05) is 38.6 Å². The standard InChI is InChI=1S/C16H23N5O.C2HF3O2/c22-16(17-13-3-4-13)15-19-18-14-5-11-7-20(6-10-1-2-10)8-12(11)9-21(14)15;3-2(4,5)1(6)7/h10-13H,1-9H2,(H,17,22);(H,6,7). The predicted octanol–water partition coefficient (Wildman–Crippen LogP) is 1.32. The lowest BCUT2D eigenvalue weighted by Gasteiger charge is -2.25. The number of hydrogen-bond acceptors (Lipinski definition) is 5. The summed E-state index contributed by atoms with van der Waals surface area (Å²) >= 11 is 0. The fourth-order valence-electron chi connectivity index (χ4n) is 4.08. The van der Waals surface area contributed by atoms with Crippen LogP contribution < -0.4 is 5.32 Å². The van der Waals surface area contributed by atoms with Gasteiger partial charge in [0.05, 0.1) is 0 Å². The maximum Gasteiger partial charge on any atom is 0.490 e. The molecule has 4 aliphatic rings. The van der Waals surface area contributed by atoms with Crippen molar-refractivity contribution in [3.05, 3.63) is 11.6 Å². The molecule has 1 amide bonds. The number of aromatic nitrogens is 3. The Hall–Kier alpha value is -2.17. The Bertz CT molecular complexity index is 788. The molecule has 1 aromatic heterocycles. The van der Waals surface area contributed by atoms with Crippen LogP contribution in [0.5, 0.6) is 0 Å². The average Bonchev–Trinajstić information content (AvgIpc) is 3.54. The summed E-state index contributed by atoms with van der Waals surface area (Å²) in [7, 11) is 0. The Kier molecular flexibility index (Phi) is 5.26. The number of halogens is 3. The predicted molar refractivity (Wildman–Crippen MR) is 94.0 cm³/mol. The van der Waals surface area contributed by atoms with Gasteiger partial charge in [0.2, 0.25) is 5.82 Å². The molecular weight excluding hydrogens is 391 g/mol. The summed E-state index contributed by atoms with van der Waals surface area (Å²) in [4.78, 5) is 23.8. The van der Waals surface area contributed by atoms with E-state index in [2.05, 4.69) is 25.0 Å². The third-order valence-electron chi connectivity index (χ3n) is 5.91. The molecule has 1 saturated heterocycles. The molecule has 11 heteroatoms. The van der Waals surface area contributed by atoms with Gasteiger partial charge in [-0.05, 0) is 43.4 Å². The largest absolute Gasteiger partial charge is 0.490 e. The number of alkyl halides is 3. The molecule has 0 bridgehead atoms. The van der Waals surface area contributed by atoms with E-state index < -0.39 is 12.1 Å². The summed E-state index contributed by atoms with van der Waals surface area (Å²) in [5, 5.41) is 18.6. The number of nitrogens with one attached hydrogen (secondary N) is 1. The number of nitrogens with zero attached hydrogens (tertiary/aromatic N) is 4. The van der Waals surface area contributed by atoms with Crippen LogP contribution in [0.15, 0.2) is 0 Å². The minimum absolute atomic E-state index is 0.0347. The van der Waals surface area contributed by atoms with Gasteiger partial charge in [-0.1, -0.05) is 0 Å². The molecule has 2 atom stereocenters. The second kappa shape index (κ2) is 7.58. The first-order chi connectivity index (χ1) is 13.7. The van der Waals surface area contributed by atoms with Gasteiger partial charge in [-0.25, -0.2) is 4.79 Å². The highest BCUT2D eigenvalue weighted by atomic mass is 19.4. The number of carbonyl (C=O) groups is 2. The second-order valence-corrected chi connectivity index (χ2v) is 8.49. The highest BCUT2D eigenvalue weighted by Crippen LogP contribution is 2.36. The van der Waals surface area contributed by atoms with Gasteiger partial charge < -0.3 is 19.9 Å². The first-order valence-corrected chi connectivity index (χ1v) is 9.96. The fraction of sp³-hybridized carbons (Fsp3) is 0.778. The van der Waals surface area contributed by atoms with Crippen LogP contribution in [0, 0.1) is 17.8 Å². The third kappa shape index (κ3) is 4.88. The third-order valence-corrected chi connectivity index (χ3v) is 5.91. The van der Waals surface area contributed by atoms with E-state index in [4.69, 9.17) is 9.90 Å². The molecule has 0 aromatic carbocycles. The van der Waals surface area contributed by atoms with E-state index in [0.717, 1.165) is 37.5 Å². The van der Waals surface area contributed by atoms with Crippen LogP contribution >= 0.6 is 0 Å². The average molecular weight is 415 g/mol. The number of carbonyl (C=O) groups excluding carboxylic acids is 1. The maximum atomic E-state index is 12.3. The zero-order valence-electron chi connectivity index (χ0n) is 15.9. The molecule has 1 aromatic rings. The smallest absolute Gasteiger partial charge is 0.475 e. The van der Waals surface area contributed by atoms with Gasteiger partial charge in [0.1, 0.15) is 5.82 Å². The monoisotopic (exact) mass is 415 g/mol. The minimum Gasteiger partial charge on any atom is -0.475 e. The van der Waals surface area contributed by atoms with Crippen LogP contribution in [0.3, 0.4) is 0 Å². The second-order valence-electron chi connectivity index (χ2n) is 8.49. The van der Waals surface area contributed by atoms with Crippen molar-refractivity contribution in [3.63, 3.8) is 0 Å². The molecule has 0 spiro atoms. The first kappa shape index (κ1) is 20.1. The number of carboxylic acid groups (broad SMARTS) is 1. The van der Waals surface area contributed by atoms with Gasteiger partial charge in [-0.2, -0.15) is 13.2 Å². The Labute approximate surface area is 165 Å². The molecule has 2 aliphatic carbocycles. The molecule has 0 radical (unpaired) electrons. The van der Waals surface area contributed by atoms with Gasteiger partial charge in [-0.15, -0.1) is 10.2 Å². The Morgan fingerprint density at radius 3 is 2.31 bits per heavy atom. The van der Waals surface area contributed by atoms with Crippen LogP contribution in [0.2, 0.25) is 0 Å². The maximum absolute atomic E-state index is 12.3. The van der Waals surface area contributed by atoms with Crippen LogP contribution in [0.4, 0.5) is 13.2 Å². The normalized spacial score (nSPS) is 26.2. The fourth-order valence-corrected chi connectivity index (χ4v) is 4.08. The van der Waals surface area contributed by atoms with Crippen LogP contribution in [0.25, 0.3) is 0 Å². The summed E-state index contributed by atoms with van der Waals surface area (Å²) in [5.74, 6) is 1.07. The summed E-state index contributed by atoms with van der Waals surface area (Å²) < 4.78 is 33.8. The first-order valence-electron chi connectivity index (χ1n) is 9.96. The minimum atomic E-state index is -5.08. The van der Waals surface area contributed by atoms with E-state index in [9.17, 15) is 18.0 Å². The van der Waals surface area contributed by atoms with E-state index in [1.165, 1.54) is 32.5 Å². The number of carboxylic acids is 1. The lowest BCUT2D eigenvalue weighted by atomic mass is 9.89. The number of rotatable bonds is 4. The molecule has 3 heterocycles. The van der Waals surface area contributed by atoms with Crippen LogP contribution in [-0.2, 0) is 17.8 Å². The topological polar surface area (TPSA) is 100 Å². The molecule has 160 valence electrons. The van der Waals surface area contributed by atoms with Crippen molar-refractivity contribution in [2.24, 2.45) is 17.8 Å². The molecule has 5 rings (SSSR count). The van der Waals surface area contributed by atoms with E-state index in [-0.39, 0.29) is 5.91 Å². The molecule has 2 N–H and O–H groups in total. The van der Waals surface area contributed by atoms with E-state index in [1.807, 2.05) is 0 Å². The lowest BCUT2D eigenvalue weighted by molar-refractivity contribution is -0.192. The van der Waals surface area contributed by atoms with Crippen molar-refractivity contribution in [2.75, 3.05) is 19.6 Å². The molecular formula is C18H24F3N5O3. The summed E-state index contributed by atoms with van der Waals surface area (Å²) in [6, 6.07) is 0.373. The van der Waals surface area contributed by atoms with Crippen molar-refractivity contribution in [2.45, 2.75) is 50.9 Å². The highest BCUT2D eigenvalue weighted by Gasteiger charge is 2.41. The molecule has 3 fully saturated rings. The van der Waals surface area contributed by atoms with Gasteiger partial charge in [-0.3, -0.25) is 4.79 Å². The number of aliphatic carboxylic acids is 1. The number of amides is 1. The van der Waals surface area contributed by atoms with Crippen molar-refractivity contribution in [3.8, 4) is 0 Å². The van der Waals surface area contributed by atoms with Gasteiger partial charge >= 0.3 is 12.1 Å². The Morgan fingerprint density at radius 2 is 1.72 bits per heavy atom. The number of hydrogen-bond donors (Lipinski definition) is 2.